The number of allylic oxidation sites excluding steroid dienone is 2. The van der Waals surface area contributed by atoms with Crippen LogP contribution in [0.3, 0.4) is 0 Å². The van der Waals surface area contributed by atoms with Gasteiger partial charge in [0.05, 0.1) is 35.4 Å². The predicted octanol–water partition coefficient (Wildman–Crippen LogP) is 3.12. The van der Waals surface area contributed by atoms with Crippen molar-refractivity contribution in [3.05, 3.63) is 105 Å². The number of ketones is 2. The smallest absolute Gasteiger partial charge is 0.298 e. The number of methoxy groups -OCH3 is 2. The highest BCUT2D eigenvalue weighted by molar-refractivity contribution is 7.91. The molecule has 0 atom stereocenters. The minimum absolute atomic E-state index is 0.0301. The number of carbonyl (C=O) groups is 2. The zero-order valence-corrected chi connectivity index (χ0v) is 32.6. The first kappa shape index (κ1) is 41.5. The van der Waals surface area contributed by atoms with E-state index in [2.05, 4.69) is 21.1 Å². The number of anilines is 2. The van der Waals surface area contributed by atoms with Crippen molar-refractivity contribution in [3.63, 3.8) is 0 Å². The lowest BCUT2D eigenvalue weighted by molar-refractivity contribution is -0.110. The number of hydrogen-bond donors (Lipinski definition) is 6. The molecule has 2 aliphatic rings. The molecule has 0 saturated heterocycles. The summed E-state index contributed by atoms with van der Waals surface area (Å²) in [4.78, 5) is 22.9. The number of ether oxygens (including phenoxy) is 2. The fourth-order valence-corrected chi connectivity index (χ4v) is 7.97. The number of Topliss-reactive ketones (excluding diaryl/α,β-unsaturated/α-hetero) is 2. The SMILES string of the molecule is COc1cc(-c2ccc(NN=C3C(=O)C(S(=O)(=O)O)=Cc4cc(S(=O)(=O)O)ccc43)c(OC)c2)ccc1NN=C1C(=O)C(S(=O)(=O)O)=Cc2cc(S(=O)(=O)O)ccc21. The maximum Gasteiger partial charge on any atom is 0.298 e. The lowest BCUT2D eigenvalue weighted by Gasteiger charge is -2.18. The van der Waals surface area contributed by atoms with E-state index in [4.69, 9.17) is 9.47 Å². The number of fused-ring (bicyclic) bond motifs is 2. The van der Waals surface area contributed by atoms with Gasteiger partial charge in [0.25, 0.3) is 40.5 Å². The molecule has 4 aromatic rings. The molecule has 0 aliphatic heterocycles. The van der Waals surface area contributed by atoms with Gasteiger partial charge in [-0.25, -0.2) is 0 Å². The maximum absolute atomic E-state index is 13.1. The van der Waals surface area contributed by atoms with Gasteiger partial charge in [-0.3, -0.25) is 38.7 Å². The normalized spacial score (nSPS) is 16.0. The highest BCUT2D eigenvalue weighted by Crippen LogP contribution is 2.36. The molecule has 0 bridgehead atoms. The highest BCUT2D eigenvalue weighted by Gasteiger charge is 2.35. The second-order valence-electron chi connectivity index (χ2n) is 12.0. The van der Waals surface area contributed by atoms with Gasteiger partial charge in [-0.2, -0.15) is 43.9 Å². The summed E-state index contributed by atoms with van der Waals surface area (Å²) in [6, 6.07) is 15.2. The number of hydrazone groups is 2. The first-order valence-electron chi connectivity index (χ1n) is 15.8. The summed E-state index contributed by atoms with van der Waals surface area (Å²) in [5.41, 5.74) is 5.14. The van der Waals surface area contributed by atoms with E-state index < -0.39 is 83.1 Å². The van der Waals surface area contributed by atoms with Gasteiger partial charge in [0.1, 0.15) is 32.7 Å². The summed E-state index contributed by atoms with van der Waals surface area (Å²) in [5.74, 6) is -2.14. The van der Waals surface area contributed by atoms with E-state index in [1.165, 1.54) is 26.4 Å². The fourth-order valence-electron chi connectivity index (χ4n) is 5.73. The quantitative estimate of drug-likeness (QED) is 0.0931. The van der Waals surface area contributed by atoms with Gasteiger partial charge in [-0.15, -0.1) is 0 Å². The Labute approximate surface area is 329 Å². The molecule has 0 heterocycles. The summed E-state index contributed by atoms with van der Waals surface area (Å²) in [6.07, 6.45) is 1.49. The van der Waals surface area contributed by atoms with E-state index in [1.807, 2.05) is 0 Å². The molecule has 0 aromatic heterocycles. The topological polar surface area (TPSA) is 319 Å². The molecule has 58 heavy (non-hydrogen) atoms. The number of nitrogens with one attached hydrogen (secondary N) is 2. The zero-order valence-electron chi connectivity index (χ0n) is 29.3. The largest absolute Gasteiger partial charge is 0.494 e. The number of hydrogen-bond acceptors (Lipinski definition) is 16. The van der Waals surface area contributed by atoms with Crippen molar-refractivity contribution >= 4 is 87.0 Å². The minimum Gasteiger partial charge on any atom is -0.494 e. The molecule has 0 radical (unpaired) electrons. The Morgan fingerprint density at radius 1 is 0.500 bits per heavy atom. The zero-order chi connectivity index (χ0) is 42.5. The molecular formula is C34H26N4O16S4. The van der Waals surface area contributed by atoms with E-state index in [0.29, 0.717) is 11.1 Å². The maximum atomic E-state index is 13.1. The van der Waals surface area contributed by atoms with Crippen LogP contribution in [0.4, 0.5) is 11.4 Å². The van der Waals surface area contributed by atoms with Crippen molar-refractivity contribution in [2.45, 2.75) is 9.79 Å². The van der Waals surface area contributed by atoms with Gasteiger partial charge >= 0.3 is 0 Å². The predicted molar refractivity (Wildman–Crippen MR) is 207 cm³/mol. The average Bonchev–Trinajstić information content (AvgIpc) is 3.14. The first-order chi connectivity index (χ1) is 27.0. The Bertz CT molecular complexity index is 2860. The summed E-state index contributed by atoms with van der Waals surface area (Å²) in [6.45, 7) is 0. The van der Waals surface area contributed by atoms with Crippen LogP contribution in [0.5, 0.6) is 11.5 Å². The van der Waals surface area contributed by atoms with Crippen LogP contribution in [0, 0.1) is 0 Å². The third kappa shape index (κ3) is 8.29. The number of nitrogens with zero attached hydrogens (tertiary/aromatic N) is 2. The second-order valence-corrected chi connectivity index (χ2v) is 17.7. The molecule has 20 nitrogen and oxygen atoms in total. The minimum atomic E-state index is -5.11. The van der Waals surface area contributed by atoms with Crippen molar-refractivity contribution in [2.24, 2.45) is 10.2 Å². The Morgan fingerprint density at radius 3 is 1.17 bits per heavy atom. The van der Waals surface area contributed by atoms with Crippen LogP contribution in [0.2, 0.25) is 0 Å². The molecule has 302 valence electrons. The van der Waals surface area contributed by atoms with Crippen molar-refractivity contribution in [1.82, 2.24) is 0 Å². The lowest BCUT2D eigenvalue weighted by Crippen LogP contribution is -2.27. The summed E-state index contributed by atoms with van der Waals surface area (Å²) < 4.78 is 144. The molecule has 0 unspecified atom stereocenters. The van der Waals surface area contributed by atoms with Crippen molar-refractivity contribution < 1.29 is 70.9 Å². The molecule has 6 rings (SSSR count). The Balaban J connectivity index is 1.31. The van der Waals surface area contributed by atoms with Crippen molar-refractivity contribution in [3.8, 4) is 22.6 Å². The molecule has 6 N–H and O–H groups in total. The highest BCUT2D eigenvalue weighted by atomic mass is 32.2. The number of carbonyl (C=O) groups excluding carboxylic acids is 2. The molecule has 2 aliphatic carbocycles. The Hall–Kier alpha value is -6.12. The Kier molecular flexibility index (Phi) is 10.7. The van der Waals surface area contributed by atoms with Crippen LogP contribution < -0.4 is 20.3 Å². The monoisotopic (exact) mass is 874 g/mol. The summed E-state index contributed by atoms with van der Waals surface area (Å²) >= 11 is 0. The van der Waals surface area contributed by atoms with Gasteiger partial charge in [0, 0.05) is 11.1 Å². The van der Waals surface area contributed by atoms with E-state index in [0.717, 1.165) is 48.6 Å². The molecule has 4 aromatic carbocycles. The van der Waals surface area contributed by atoms with Crippen LogP contribution in [0.15, 0.2) is 103 Å². The molecule has 0 fully saturated rings. The molecule has 0 amide bonds. The molecule has 0 spiro atoms. The average molecular weight is 875 g/mol. The van der Waals surface area contributed by atoms with Crippen LogP contribution >= 0.6 is 0 Å². The van der Waals surface area contributed by atoms with Gasteiger partial charge in [0.15, 0.2) is 0 Å². The third-order valence-electron chi connectivity index (χ3n) is 8.47. The van der Waals surface area contributed by atoms with Gasteiger partial charge in [0.2, 0.25) is 11.6 Å². The van der Waals surface area contributed by atoms with E-state index >= 15 is 0 Å². The van der Waals surface area contributed by atoms with E-state index in [1.54, 1.807) is 24.3 Å². The second kappa shape index (κ2) is 15.0. The molecule has 24 heteroatoms. The molecular weight excluding hydrogens is 849 g/mol. The fraction of sp³-hybridized carbons (Fsp3) is 0.0588. The van der Waals surface area contributed by atoms with Gasteiger partial charge in [-0.05, 0) is 82.9 Å². The van der Waals surface area contributed by atoms with Gasteiger partial charge in [-0.1, -0.05) is 24.3 Å². The van der Waals surface area contributed by atoms with Crippen molar-refractivity contribution in [1.29, 1.82) is 0 Å². The van der Waals surface area contributed by atoms with E-state index in [9.17, 15) is 61.5 Å². The summed E-state index contributed by atoms with van der Waals surface area (Å²) in [5, 5.41) is 8.10. The lowest BCUT2D eigenvalue weighted by atomic mass is 9.94. The van der Waals surface area contributed by atoms with Crippen molar-refractivity contribution in [2.75, 3.05) is 25.1 Å². The van der Waals surface area contributed by atoms with E-state index in [-0.39, 0.29) is 45.1 Å². The first-order valence-corrected chi connectivity index (χ1v) is 21.5. The number of benzene rings is 4. The summed E-state index contributed by atoms with van der Waals surface area (Å²) in [7, 11) is -17.0. The van der Waals surface area contributed by atoms with Crippen LogP contribution in [-0.4, -0.2) is 89.1 Å². The standard InChI is InChI=1S/C34H26N4O16S4/c1-53-27-13-17(3-9-25(27)35-37-31-23-7-5-21(55(41,42)43)11-19(23)15-29(33(31)39)57(47,48)49)18-4-10-26(28(14-18)54-2)36-38-32-24-8-6-22(56(44,45)46)12-20(24)16-30(34(32)40)58(50,51)52/h3-16,35-36H,1-2H3,(H,41,42,43)(H,44,45,46)(H,47,48,49)(H,50,51,52). The Morgan fingerprint density at radius 2 is 0.862 bits per heavy atom. The third-order valence-corrected chi connectivity index (χ3v) is 11.9. The van der Waals surface area contributed by atoms with Crippen LogP contribution in [0.25, 0.3) is 23.3 Å². The van der Waals surface area contributed by atoms with Crippen LogP contribution in [0.1, 0.15) is 22.3 Å². The molecule has 0 saturated carbocycles. The number of rotatable bonds is 11. The van der Waals surface area contributed by atoms with Gasteiger partial charge < -0.3 is 9.47 Å². The van der Waals surface area contributed by atoms with Crippen LogP contribution in [-0.2, 0) is 50.1 Å².